The molecule has 2 nitrogen and oxygen atoms in total. The average Bonchev–Trinajstić information content (AvgIpc) is 3.15. The second kappa shape index (κ2) is 5.74. The van der Waals surface area contributed by atoms with Gasteiger partial charge in [0, 0.05) is 11.1 Å². The van der Waals surface area contributed by atoms with Crippen molar-refractivity contribution < 1.29 is 4.74 Å². The first-order valence-electron chi connectivity index (χ1n) is 6.33. The van der Waals surface area contributed by atoms with Gasteiger partial charge in [0.2, 0.25) is 0 Å². The summed E-state index contributed by atoms with van der Waals surface area (Å²) in [6, 6.07) is 6.39. The molecule has 0 heterocycles. The first-order chi connectivity index (χ1) is 8.26. The maximum Gasteiger partial charge on any atom is 0.120 e. The van der Waals surface area contributed by atoms with Gasteiger partial charge in [0.15, 0.2) is 0 Å². The van der Waals surface area contributed by atoms with Gasteiger partial charge in [-0.1, -0.05) is 24.6 Å². The van der Waals surface area contributed by atoms with E-state index in [1.165, 1.54) is 18.4 Å². The Kier molecular flexibility index (Phi) is 4.30. The van der Waals surface area contributed by atoms with Gasteiger partial charge in [0.1, 0.15) is 5.75 Å². The number of nitrogens with one attached hydrogen (secondary N) is 1. The molecule has 94 valence electrons. The maximum atomic E-state index is 6.33. The number of halogens is 1. The van der Waals surface area contributed by atoms with Gasteiger partial charge in [0.25, 0.3) is 0 Å². The molecule has 1 aliphatic rings. The van der Waals surface area contributed by atoms with E-state index < -0.39 is 0 Å². The van der Waals surface area contributed by atoms with E-state index in [2.05, 4.69) is 18.3 Å². The van der Waals surface area contributed by atoms with E-state index in [9.17, 15) is 0 Å². The van der Waals surface area contributed by atoms with Crippen molar-refractivity contribution in [2.24, 2.45) is 5.92 Å². The van der Waals surface area contributed by atoms with E-state index >= 15 is 0 Å². The van der Waals surface area contributed by atoms with Crippen LogP contribution in [0.15, 0.2) is 18.2 Å². The predicted octanol–water partition coefficient (Wildman–Crippen LogP) is 3.80. The van der Waals surface area contributed by atoms with E-state index in [0.29, 0.717) is 6.04 Å². The van der Waals surface area contributed by atoms with E-state index in [1.54, 1.807) is 7.11 Å². The Morgan fingerprint density at radius 3 is 2.76 bits per heavy atom. The van der Waals surface area contributed by atoms with Gasteiger partial charge >= 0.3 is 0 Å². The molecule has 1 unspecified atom stereocenters. The van der Waals surface area contributed by atoms with Crippen molar-refractivity contribution in [3.8, 4) is 5.75 Å². The molecule has 2 rings (SSSR count). The summed E-state index contributed by atoms with van der Waals surface area (Å²) in [6.45, 7) is 3.23. The standard InChI is InChI=1S/C14H20ClNO/c1-3-8-16-14(10-4-5-10)12-7-6-11(17-2)9-13(12)15/h6-7,9-10,14,16H,3-5,8H2,1-2H3. The van der Waals surface area contributed by atoms with Gasteiger partial charge in [-0.25, -0.2) is 0 Å². The minimum atomic E-state index is 0.411. The third kappa shape index (κ3) is 3.14. The molecule has 1 N–H and O–H groups in total. The lowest BCUT2D eigenvalue weighted by molar-refractivity contribution is 0.414. The molecule has 1 aromatic rings. The molecular weight excluding hydrogens is 234 g/mol. The van der Waals surface area contributed by atoms with Crippen LogP contribution in [0.1, 0.15) is 37.8 Å². The van der Waals surface area contributed by atoms with Crippen molar-refractivity contribution in [1.29, 1.82) is 0 Å². The summed E-state index contributed by atoms with van der Waals surface area (Å²) in [5.41, 5.74) is 1.21. The van der Waals surface area contributed by atoms with Crippen LogP contribution < -0.4 is 10.1 Å². The Hall–Kier alpha value is -0.730. The SMILES string of the molecule is CCCNC(c1ccc(OC)cc1Cl)C1CC1. The largest absolute Gasteiger partial charge is 0.497 e. The molecule has 0 spiro atoms. The Bertz CT molecular complexity index is 376. The third-order valence-electron chi connectivity index (χ3n) is 3.25. The lowest BCUT2D eigenvalue weighted by Crippen LogP contribution is -2.24. The maximum absolute atomic E-state index is 6.33. The highest BCUT2D eigenvalue weighted by Crippen LogP contribution is 2.43. The van der Waals surface area contributed by atoms with Gasteiger partial charge in [-0.2, -0.15) is 0 Å². The predicted molar refractivity (Wildman–Crippen MR) is 71.8 cm³/mol. The van der Waals surface area contributed by atoms with Crippen LogP contribution in [-0.4, -0.2) is 13.7 Å². The summed E-state index contributed by atoms with van der Waals surface area (Å²) >= 11 is 6.33. The Labute approximate surface area is 108 Å². The van der Waals surface area contributed by atoms with Crippen molar-refractivity contribution in [3.63, 3.8) is 0 Å². The zero-order chi connectivity index (χ0) is 12.3. The third-order valence-corrected chi connectivity index (χ3v) is 3.58. The van der Waals surface area contributed by atoms with Crippen molar-refractivity contribution in [2.75, 3.05) is 13.7 Å². The Balaban J connectivity index is 2.16. The monoisotopic (exact) mass is 253 g/mol. The Morgan fingerprint density at radius 1 is 1.47 bits per heavy atom. The second-order valence-electron chi connectivity index (χ2n) is 4.66. The van der Waals surface area contributed by atoms with Crippen molar-refractivity contribution in [3.05, 3.63) is 28.8 Å². The Morgan fingerprint density at radius 2 is 2.24 bits per heavy atom. The van der Waals surface area contributed by atoms with Crippen LogP contribution >= 0.6 is 11.6 Å². The quantitative estimate of drug-likeness (QED) is 0.833. The molecule has 0 aliphatic heterocycles. The highest BCUT2D eigenvalue weighted by atomic mass is 35.5. The van der Waals surface area contributed by atoms with Crippen molar-refractivity contribution in [2.45, 2.75) is 32.2 Å². The van der Waals surface area contributed by atoms with Crippen molar-refractivity contribution >= 4 is 11.6 Å². The minimum Gasteiger partial charge on any atom is -0.497 e. The molecular formula is C14H20ClNO. The molecule has 1 atom stereocenters. The topological polar surface area (TPSA) is 21.3 Å². The summed E-state index contributed by atoms with van der Waals surface area (Å²) in [5.74, 6) is 1.58. The molecule has 0 amide bonds. The van der Waals surface area contributed by atoms with E-state index in [0.717, 1.165) is 29.7 Å². The summed E-state index contributed by atoms with van der Waals surface area (Å²) in [5, 5.41) is 4.41. The van der Waals surface area contributed by atoms with Crippen LogP contribution in [0.25, 0.3) is 0 Å². The lowest BCUT2D eigenvalue weighted by Gasteiger charge is -2.20. The highest BCUT2D eigenvalue weighted by Gasteiger charge is 2.32. The number of rotatable bonds is 6. The van der Waals surface area contributed by atoms with Crippen LogP contribution in [0, 0.1) is 5.92 Å². The van der Waals surface area contributed by atoms with Crippen LogP contribution in [0.4, 0.5) is 0 Å². The molecule has 0 bridgehead atoms. The number of benzene rings is 1. The molecule has 0 radical (unpaired) electrons. The average molecular weight is 254 g/mol. The van der Waals surface area contributed by atoms with E-state index in [1.807, 2.05) is 12.1 Å². The highest BCUT2D eigenvalue weighted by molar-refractivity contribution is 6.31. The van der Waals surface area contributed by atoms with Crippen LogP contribution in [0.3, 0.4) is 0 Å². The lowest BCUT2D eigenvalue weighted by atomic mass is 10.0. The fourth-order valence-corrected chi connectivity index (χ4v) is 2.44. The number of ether oxygens (including phenoxy) is 1. The van der Waals surface area contributed by atoms with E-state index in [-0.39, 0.29) is 0 Å². The fourth-order valence-electron chi connectivity index (χ4n) is 2.15. The molecule has 1 saturated carbocycles. The number of hydrogen-bond donors (Lipinski definition) is 1. The van der Waals surface area contributed by atoms with Crippen LogP contribution in [0.5, 0.6) is 5.75 Å². The van der Waals surface area contributed by atoms with Crippen LogP contribution in [0.2, 0.25) is 5.02 Å². The van der Waals surface area contributed by atoms with Gasteiger partial charge in [0.05, 0.1) is 7.11 Å². The minimum absolute atomic E-state index is 0.411. The van der Waals surface area contributed by atoms with Gasteiger partial charge in [-0.05, 0) is 49.4 Å². The molecule has 17 heavy (non-hydrogen) atoms. The first kappa shape index (κ1) is 12.7. The van der Waals surface area contributed by atoms with Crippen molar-refractivity contribution in [1.82, 2.24) is 5.32 Å². The zero-order valence-electron chi connectivity index (χ0n) is 10.5. The molecule has 1 fully saturated rings. The first-order valence-corrected chi connectivity index (χ1v) is 6.71. The molecule has 1 aromatic carbocycles. The summed E-state index contributed by atoms with van der Waals surface area (Å²) in [7, 11) is 1.67. The zero-order valence-corrected chi connectivity index (χ0v) is 11.3. The smallest absolute Gasteiger partial charge is 0.120 e. The molecule has 1 aliphatic carbocycles. The molecule has 3 heteroatoms. The van der Waals surface area contributed by atoms with Gasteiger partial charge in [-0.15, -0.1) is 0 Å². The van der Waals surface area contributed by atoms with E-state index in [4.69, 9.17) is 16.3 Å². The van der Waals surface area contributed by atoms with Crippen LogP contribution in [-0.2, 0) is 0 Å². The molecule has 0 saturated heterocycles. The number of hydrogen-bond acceptors (Lipinski definition) is 2. The molecule has 0 aromatic heterocycles. The number of methoxy groups -OCH3 is 1. The van der Waals surface area contributed by atoms with Gasteiger partial charge in [-0.3, -0.25) is 0 Å². The second-order valence-corrected chi connectivity index (χ2v) is 5.06. The van der Waals surface area contributed by atoms with Gasteiger partial charge < -0.3 is 10.1 Å². The fraction of sp³-hybridized carbons (Fsp3) is 0.571. The summed E-state index contributed by atoms with van der Waals surface area (Å²) in [4.78, 5) is 0. The normalized spacial score (nSPS) is 16.9. The summed E-state index contributed by atoms with van der Waals surface area (Å²) in [6.07, 6.45) is 3.77. The summed E-state index contributed by atoms with van der Waals surface area (Å²) < 4.78 is 5.18.